The third-order valence-corrected chi connectivity index (χ3v) is 6.98. The summed E-state index contributed by atoms with van der Waals surface area (Å²) in [7, 11) is -3.91. The molecular weight excluding hydrogens is 364 g/mol. The summed E-state index contributed by atoms with van der Waals surface area (Å²) >= 11 is 0. The molecule has 9 heteroatoms. The average molecular weight is 379 g/mol. The largest absolute Gasteiger partial charge is 0.361 e. The molecule has 136 valence electrons. The standard InChI is InChI=1S/C17H15F2N3O3S/c18-13-4-3-11(5-14(13)19)26(23,24)22-8-17(9-22)12-6-20-16(10-1-2-10)21-15(12)7-25-17/h3-6,10H,1-2,7-9H2. The van der Waals surface area contributed by atoms with E-state index < -0.39 is 27.3 Å². The first kappa shape index (κ1) is 16.2. The summed E-state index contributed by atoms with van der Waals surface area (Å²) in [6.45, 7) is 0.539. The highest BCUT2D eigenvalue weighted by Crippen LogP contribution is 2.46. The third-order valence-electron chi connectivity index (χ3n) is 5.20. The Labute approximate surface area is 148 Å². The summed E-state index contributed by atoms with van der Waals surface area (Å²) in [5, 5.41) is 0. The van der Waals surface area contributed by atoms with Crippen LogP contribution >= 0.6 is 0 Å². The van der Waals surface area contributed by atoms with Crippen LogP contribution in [0.1, 0.15) is 35.8 Å². The first-order valence-electron chi connectivity index (χ1n) is 8.34. The molecule has 2 fully saturated rings. The van der Waals surface area contributed by atoms with E-state index >= 15 is 0 Å². The molecule has 0 unspecified atom stereocenters. The zero-order valence-electron chi connectivity index (χ0n) is 13.7. The molecule has 1 aromatic carbocycles. The highest BCUT2D eigenvalue weighted by Gasteiger charge is 2.55. The number of benzene rings is 1. The number of nitrogens with zero attached hydrogens (tertiary/aromatic N) is 3. The van der Waals surface area contributed by atoms with Crippen LogP contribution in [0.3, 0.4) is 0 Å². The molecule has 1 spiro atoms. The molecule has 0 N–H and O–H groups in total. The van der Waals surface area contributed by atoms with Gasteiger partial charge in [0.05, 0.1) is 17.2 Å². The number of hydrogen-bond acceptors (Lipinski definition) is 5. The molecule has 6 nitrogen and oxygen atoms in total. The van der Waals surface area contributed by atoms with Crippen LogP contribution < -0.4 is 0 Å². The predicted molar refractivity (Wildman–Crippen MR) is 85.6 cm³/mol. The van der Waals surface area contributed by atoms with Crippen LogP contribution in [-0.4, -0.2) is 35.8 Å². The number of hydrogen-bond donors (Lipinski definition) is 0. The summed E-state index contributed by atoms with van der Waals surface area (Å²) in [6.07, 6.45) is 3.95. The Morgan fingerprint density at radius 3 is 2.65 bits per heavy atom. The second kappa shape index (κ2) is 5.28. The molecule has 26 heavy (non-hydrogen) atoms. The average Bonchev–Trinajstić information content (AvgIpc) is 3.35. The quantitative estimate of drug-likeness (QED) is 0.816. The van der Waals surface area contributed by atoms with Gasteiger partial charge in [-0.3, -0.25) is 0 Å². The van der Waals surface area contributed by atoms with E-state index in [9.17, 15) is 17.2 Å². The molecule has 1 aromatic heterocycles. The first-order chi connectivity index (χ1) is 12.4. The lowest BCUT2D eigenvalue weighted by molar-refractivity contribution is -0.112. The number of halogens is 2. The van der Waals surface area contributed by atoms with E-state index in [1.165, 1.54) is 4.31 Å². The molecule has 0 bridgehead atoms. The van der Waals surface area contributed by atoms with Gasteiger partial charge in [0, 0.05) is 30.8 Å². The van der Waals surface area contributed by atoms with Gasteiger partial charge in [-0.15, -0.1) is 0 Å². The van der Waals surface area contributed by atoms with E-state index in [1.807, 2.05) is 0 Å². The van der Waals surface area contributed by atoms with Crippen LogP contribution in [0.15, 0.2) is 29.3 Å². The molecule has 2 aromatic rings. The van der Waals surface area contributed by atoms with E-state index in [0.717, 1.165) is 42.1 Å². The molecule has 1 saturated carbocycles. The van der Waals surface area contributed by atoms with Crippen molar-refractivity contribution in [2.45, 2.75) is 35.9 Å². The fourth-order valence-corrected chi connectivity index (χ4v) is 5.03. The van der Waals surface area contributed by atoms with Crippen LogP contribution in [0, 0.1) is 11.6 Å². The van der Waals surface area contributed by atoms with E-state index in [1.54, 1.807) is 6.20 Å². The van der Waals surface area contributed by atoms with Crippen LogP contribution in [0.4, 0.5) is 8.78 Å². The topological polar surface area (TPSA) is 72.4 Å². The highest BCUT2D eigenvalue weighted by molar-refractivity contribution is 7.89. The lowest BCUT2D eigenvalue weighted by atomic mass is 9.90. The molecule has 0 amide bonds. The fourth-order valence-electron chi connectivity index (χ4n) is 3.49. The van der Waals surface area contributed by atoms with E-state index in [2.05, 4.69) is 9.97 Å². The number of sulfonamides is 1. The van der Waals surface area contributed by atoms with Gasteiger partial charge < -0.3 is 4.74 Å². The lowest BCUT2D eigenvalue weighted by Crippen LogP contribution is -2.61. The second-order valence-electron chi connectivity index (χ2n) is 6.99. The Morgan fingerprint density at radius 1 is 1.19 bits per heavy atom. The van der Waals surface area contributed by atoms with Crippen molar-refractivity contribution in [2.75, 3.05) is 13.1 Å². The van der Waals surface area contributed by atoms with Gasteiger partial charge in [-0.05, 0) is 31.0 Å². The maximum Gasteiger partial charge on any atom is 0.243 e. The molecule has 1 aliphatic carbocycles. The maximum atomic E-state index is 13.4. The smallest absolute Gasteiger partial charge is 0.243 e. The zero-order valence-corrected chi connectivity index (χ0v) is 14.5. The Balaban J connectivity index is 1.40. The minimum atomic E-state index is -3.91. The highest BCUT2D eigenvalue weighted by atomic mass is 32.2. The Bertz CT molecular complexity index is 1020. The number of fused-ring (bicyclic) bond motifs is 2. The lowest BCUT2D eigenvalue weighted by Gasteiger charge is -2.46. The normalized spacial score (nSPS) is 21.6. The van der Waals surface area contributed by atoms with Crippen LogP contribution in [0.5, 0.6) is 0 Å². The second-order valence-corrected chi connectivity index (χ2v) is 8.93. The van der Waals surface area contributed by atoms with Gasteiger partial charge >= 0.3 is 0 Å². The molecular formula is C17H15F2N3O3S. The summed E-state index contributed by atoms with van der Waals surface area (Å²) in [5.41, 5.74) is 0.883. The molecule has 3 heterocycles. The van der Waals surface area contributed by atoms with Crippen molar-refractivity contribution in [1.29, 1.82) is 0 Å². The Hall–Kier alpha value is -1.97. The van der Waals surface area contributed by atoms with Crippen LogP contribution in [-0.2, 0) is 27.0 Å². The zero-order chi connectivity index (χ0) is 18.1. The van der Waals surface area contributed by atoms with Crippen molar-refractivity contribution >= 4 is 10.0 Å². The van der Waals surface area contributed by atoms with E-state index in [-0.39, 0.29) is 18.0 Å². The predicted octanol–water partition coefficient (Wildman–Crippen LogP) is 2.06. The first-order valence-corrected chi connectivity index (χ1v) is 9.78. The molecule has 2 aliphatic heterocycles. The van der Waals surface area contributed by atoms with Gasteiger partial charge in [-0.2, -0.15) is 4.31 Å². The summed E-state index contributed by atoms with van der Waals surface area (Å²) in [4.78, 5) is 8.70. The van der Waals surface area contributed by atoms with Crippen molar-refractivity contribution in [3.8, 4) is 0 Å². The Kier molecular flexibility index (Phi) is 3.29. The van der Waals surface area contributed by atoms with E-state index in [4.69, 9.17) is 4.74 Å². The van der Waals surface area contributed by atoms with Crippen molar-refractivity contribution in [3.05, 3.63) is 53.1 Å². The molecule has 5 rings (SSSR count). The van der Waals surface area contributed by atoms with Crippen molar-refractivity contribution in [1.82, 2.24) is 14.3 Å². The van der Waals surface area contributed by atoms with E-state index in [0.29, 0.717) is 18.6 Å². The molecule has 3 aliphatic rings. The van der Waals surface area contributed by atoms with Gasteiger partial charge in [0.15, 0.2) is 11.6 Å². The van der Waals surface area contributed by atoms with Crippen molar-refractivity contribution < 1.29 is 21.9 Å². The molecule has 0 atom stereocenters. The fraction of sp³-hybridized carbons (Fsp3) is 0.412. The summed E-state index contributed by atoms with van der Waals surface area (Å²) in [5.74, 6) is -1.01. The summed E-state index contributed by atoms with van der Waals surface area (Å²) in [6, 6.07) is 2.57. The minimum Gasteiger partial charge on any atom is -0.361 e. The number of ether oxygens (including phenoxy) is 1. The molecule has 0 radical (unpaired) electrons. The van der Waals surface area contributed by atoms with Crippen molar-refractivity contribution in [3.63, 3.8) is 0 Å². The van der Waals surface area contributed by atoms with Gasteiger partial charge in [-0.25, -0.2) is 27.2 Å². The minimum absolute atomic E-state index is 0.105. The monoisotopic (exact) mass is 379 g/mol. The SMILES string of the molecule is O=S(=O)(c1ccc(F)c(F)c1)N1CC2(C1)OCc1nc(C3CC3)ncc12. The van der Waals surface area contributed by atoms with Crippen molar-refractivity contribution in [2.24, 2.45) is 0 Å². The van der Waals surface area contributed by atoms with Gasteiger partial charge in [0.25, 0.3) is 0 Å². The summed E-state index contributed by atoms with van der Waals surface area (Å²) < 4.78 is 58.8. The Morgan fingerprint density at radius 2 is 1.96 bits per heavy atom. The van der Waals surface area contributed by atoms with Gasteiger partial charge in [0.2, 0.25) is 10.0 Å². The van der Waals surface area contributed by atoms with Gasteiger partial charge in [-0.1, -0.05) is 0 Å². The molecule has 1 saturated heterocycles. The number of rotatable bonds is 3. The van der Waals surface area contributed by atoms with Crippen LogP contribution in [0.25, 0.3) is 0 Å². The number of aromatic nitrogens is 2. The van der Waals surface area contributed by atoms with Crippen LogP contribution in [0.2, 0.25) is 0 Å². The van der Waals surface area contributed by atoms with Gasteiger partial charge in [0.1, 0.15) is 11.4 Å². The third kappa shape index (κ3) is 2.30. The maximum absolute atomic E-state index is 13.4.